The normalized spacial score (nSPS) is 11.6. The maximum atomic E-state index is 4.89. The molecule has 0 aromatic carbocycles. The SMILES string of the molecule is COC(C)OSC.[B]Cl. The van der Waals surface area contributed by atoms with E-state index in [1.165, 1.54) is 12.0 Å². The zero-order valence-electron chi connectivity index (χ0n) is 5.76. The van der Waals surface area contributed by atoms with E-state index < -0.39 is 0 Å². The highest BCUT2D eigenvalue weighted by Gasteiger charge is 1.93. The highest BCUT2D eigenvalue weighted by Crippen LogP contribution is 2.00. The molecule has 0 spiro atoms. The summed E-state index contributed by atoms with van der Waals surface area (Å²) in [5.41, 5.74) is 0. The van der Waals surface area contributed by atoms with Gasteiger partial charge in [-0.3, -0.25) is 4.18 Å². The lowest BCUT2D eigenvalue weighted by Gasteiger charge is -2.05. The first-order valence-electron chi connectivity index (χ1n) is 2.25. The van der Waals surface area contributed by atoms with E-state index in [1.54, 1.807) is 7.11 Å². The molecule has 1 unspecified atom stereocenters. The van der Waals surface area contributed by atoms with Crippen molar-refractivity contribution in [2.24, 2.45) is 0 Å². The lowest BCUT2D eigenvalue weighted by Crippen LogP contribution is -2.03. The minimum atomic E-state index is -0.0880. The van der Waals surface area contributed by atoms with Gasteiger partial charge in [-0.1, -0.05) is 0 Å². The maximum absolute atomic E-state index is 4.89. The topological polar surface area (TPSA) is 18.5 Å². The zero-order chi connectivity index (χ0) is 7.70. The van der Waals surface area contributed by atoms with Gasteiger partial charge in [0.2, 0.25) is 7.26 Å². The molecule has 0 aliphatic carbocycles. The van der Waals surface area contributed by atoms with Crippen molar-refractivity contribution in [3.05, 3.63) is 0 Å². The summed E-state index contributed by atoms with van der Waals surface area (Å²) in [6, 6.07) is 0. The molecule has 0 saturated carbocycles. The van der Waals surface area contributed by atoms with Gasteiger partial charge in [0.05, 0.1) is 0 Å². The van der Waals surface area contributed by atoms with Crippen LogP contribution < -0.4 is 0 Å². The van der Waals surface area contributed by atoms with Crippen LogP contribution in [0.1, 0.15) is 6.92 Å². The summed E-state index contributed by atoms with van der Waals surface area (Å²) < 4.78 is 9.63. The van der Waals surface area contributed by atoms with Gasteiger partial charge in [-0.05, 0) is 19.0 Å². The Morgan fingerprint density at radius 3 is 2.11 bits per heavy atom. The van der Waals surface area contributed by atoms with Crippen LogP contribution in [0.2, 0.25) is 0 Å². The summed E-state index contributed by atoms with van der Waals surface area (Å²) in [5, 5.41) is 0. The van der Waals surface area contributed by atoms with Crippen molar-refractivity contribution in [2.45, 2.75) is 13.2 Å². The monoisotopic (exact) mass is 168 g/mol. The Morgan fingerprint density at radius 2 is 2.00 bits per heavy atom. The molecule has 0 aliphatic rings. The molecule has 5 heteroatoms. The molecule has 0 heterocycles. The van der Waals surface area contributed by atoms with E-state index in [4.69, 9.17) is 8.92 Å². The molecule has 0 aromatic heterocycles. The summed E-state index contributed by atoms with van der Waals surface area (Å²) in [7, 11) is 5.58. The van der Waals surface area contributed by atoms with Gasteiger partial charge >= 0.3 is 0 Å². The molecular formula is C4H10BClO2S. The summed E-state index contributed by atoms with van der Waals surface area (Å²) in [5.74, 6) is 0. The van der Waals surface area contributed by atoms with E-state index in [0.29, 0.717) is 0 Å². The molecule has 0 N–H and O–H groups in total. The largest absolute Gasteiger partial charge is 0.355 e. The molecule has 2 nitrogen and oxygen atoms in total. The Hall–Kier alpha value is 0.625. The van der Waals surface area contributed by atoms with Gasteiger partial charge in [-0.25, -0.2) is 11.5 Å². The van der Waals surface area contributed by atoms with Crippen molar-refractivity contribution in [1.29, 1.82) is 0 Å². The Kier molecular flexibility index (Phi) is 15.6. The fourth-order valence-electron chi connectivity index (χ4n) is 0.175. The molecule has 0 saturated heterocycles. The van der Waals surface area contributed by atoms with E-state index in [0.717, 1.165) is 0 Å². The minimum Gasteiger partial charge on any atom is -0.355 e. The molecule has 54 valence electrons. The predicted molar refractivity (Wildman–Crippen MR) is 42.7 cm³/mol. The molecule has 1 atom stereocenters. The fourth-order valence-corrected chi connectivity index (χ4v) is 0.524. The van der Waals surface area contributed by atoms with E-state index in [9.17, 15) is 0 Å². The van der Waals surface area contributed by atoms with Crippen molar-refractivity contribution < 1.29 is 8.92 Å². The first-order valence-corrected chi connectivity index (χ1v) is 3.84. The van der Waals surface area contributed by atoms with Crippen LogP contribution in [0, 0.1) is 0 Å². The minimum absolute atomic E-state index is 0.0880. The van der Waals surface area contributed by atoms with Gasteiger partial charge in [0, 0.05) is 13.4 Å². The molecule has 0 fully saturated rings. The quantitative estimate of drug-likeness (QED) is 0.362. The third-order valence-corrected chi connectivity index (χ3v) is 1.03. The first-order chi connectivity index (χ1) is 4.31. The third-order valence-electron chi connectivity index (χ3n) is 0.564. The lowest BCUT2D eigenvalue weighted by molar-refractivity contribution is -0.0243. The second-order valence-electron chi connectivity index (χ2n) is 1.07. The molecule has 0 aromatic rings. The van der Waals surface area contributed by atoms with Crippen LogP contribution in [0.5, 0.6) is 0 Å². The summed E-state index contributed by atoms with van der Waals surface area (Å²) in [6.45, 7) is 1.84. The second-order valence-corrected chi connectivity index (χ2v) is 1.59. The van der Waals surface area contributed by atoms with Crippen molar-refractivity contribution in [3.63, 3.8) is 0 Å². The van der Waals surface area contributed by atoms with Crippen LogP contribution in [-0.2, 0) is 8.92 Å². The Morgan fingerprint density at radius 1 is 1.56 bits per heavy atom. The van der Waals surface area contributed by atoms with Crippen LogP contribution in [0.3, 0.4) is 0 Å². The first kappa shape index (κ1) is 12.3. The summed E-state index contributed by atoms with van der Waals surface area (Å²) in [4.78, 5) is 0. The fraction of sp³-hybridized carbons (Fsp3) is 1.00. The van der Waals surface area contributed by atoms with Gasteiger partial charge < -0.3 is 4.74 Å². The molecular weight excluding hydrogens is 158 g/mol. The Bertz CT molecular complexity index is 49.5. The van der Waals surface area contributed by atoms with Gasteiger partial charge in [-0.15, -0.1) is 0 Å². The number of ether oxygens (including phenoxy) is 1. The number of rotatable bonds is 3. The summed E-state index contributed by atoms with van der Waals surface area (Å²) >= 11 is 5.45. The van der Waals surface area contributed by atoms with E-state index in [-0.39, 0.29) is 6.29 Å². The number of hydrogen-bond acceptors (Lipinski definition) is 3. The summed E-state index contributed by atoms with van der Waals surface area (Å²) in [6.07, 6.45) is 1.77. The zero-order valence-corrected chi connectivity index (χ0v) is 7.33. The lowest BCUT2D eigenvalue weighted by atomic mass is 10.8. The maximum Gasteiger partial charge on any atom is 0.214 e. The molecule has 0 bridgehead atoms. The average molecular weight is 168 g/mol. The van der Waals surface area contributed by atoms with Gasteiger partial charge in [0.25, 0.3) is 0 Å². The second kappa shape index (κ2) is 11.4. The Balaban J connectivity index is 0. The van der Waals surface area contributed by atoms with Crippen molar-refractivity contribution in [1.82, 2.24) is 0 Å². The molecule has 0 rings (SSSR count). The highest BCUT2D eigenvalue weighted by molar-refractivity contribution is 7.93. The molecule has 9 heavy (non-hydrogen) atoms. The number of methoxy groups -OCH3 is 1. The standard InChI is InChI=1S/C4H10O2S.BCl/c1-4(5-2)6-7-3;1-2/h4H,1-3H3;. The van der Waals surface area contributed by atoms with Gasteiger partial charge in [0.15, 0.2) is 6.29 Å². The average Bonchev–Trinajstić information content (AvgIpc) is 1.93. The van der Waals surface area contributed by atoms with Crippen molar-refractivity contribution in [2.75, 3.05) is 13.4 Å². The highest BCUT2D eigenvalue weighted by atomic mass is 35.5. The predicted octanol–water partition coefficient (Wildman–Crippen LogP) is 1.58. The van der Waals surface area contributed by atoms with Crippen LogP contribution in [0.15, 0.2) is 0 Å². The van der Waals surface area contributed by atoms with Crippen molar-refractivity contribution in [3.8, 4) is 0 Å². The van der Waals surface area contributed by atoms with E-state index in [1.807, 2.05) is 13.2 Å². The van der Waals surface area contributed by atoms with E-state index >= 15 is 0 Å². The number of halogens is 1. The van der Waals surface area contributed by atoms with E-state index in [2.05, 4.69) is 18.7 Å². The third kappa shape index (κ3) is 12.0. The Labute approximate surface area is 66.8 Å². The molecule has 0 amide bonds. The van der Waals surface area contributed by atoms with Gasteiger partial charge in [-0.2, -0.15) is 0 Å². The van der Waals surface area contributed by atoms with Crippen molar-refractivity contribution >= 4 is 30.8 Å². The molecule has 0 aliphatic heterocycles. The van der Waals surface area contributed by atoms with Gasteiger partial charge in [0.1, 0.15) is 0 Å². The van der Waals surface area contributed by atoms with Crippen LogP contribution >= 0.6 is 23.5 Å². The molecule has 2 radical (unpaired) electrons. The van der Waals surface area contributed by atoms with Crippen LogP contribution in [-0.4, -0.2) is 26.9 Å². The van der Waals surface area contributed by atoms with Crippen LogP contribution in [0.25, 0.3) is 0 Å². The smallest absolute Gasteiger partial charge is 0.214 e. The number of hydrogen-bond donors (Lipinski definition) is 0. The van der Waals surface area contributed by atoms with Crippen LogP contribution in [0.4, 0.5) is 0 Å².